The minimum atomic E-state index is 0.0454. The first-order valence-corrected chi connectivity index (χ1v) is 8.40. The molecule has 4 rings (SSSR count). The summed E-state index contributed by atoms with van der Waals surface area (Å²) in [5, 5.41) is 13.9. The maximum atomic E-state index is 12.8. The van der Waals surface area contributed by atoms with E-state index in [4.69, 9.17) is 0 Å². The maximum absolute atomic E-state index is 12.8. The molecular weight excluding hydrogens is 314 g/mol. The Hall–Kier alpha value is -3.02. The van der Waals surface area contributed by atoms with Crippen molar-refractivity contribution < 1.29 is 4.79 Å². The number of aromatic amines is 1. The number of tetrazole rings is 1. The van der Waals surface area contributed by atoms with E-state index in [9.17, 15) is 4.79 Å². The number of likely N-dealkylation sites (N-methyl/N-ethyl adjacent to an activating group) is 1. The van der Waals surface area contributed by atoms with E-state index in [1.54, 1.807) is 0 Å². The van der Waals surface area contributed by atoms with E-state index >= 15 is 0 Å². The van der Waals surface area contributed by atoms with E-state index in [1.807, 2.05) is 36.2 Å². The summed E-state index contributed by atoms with van der Waals surface area (Å²) in [4.78, 5) is 14.7. The lowest BCUT2D eigenvalue weighted by Crippen LogP contribution is -2.40. The van der Waals surface area contributed by atoms with Crippen LogP contribution >= 0.6 is 0 Å². The normalized spacial score (nSPS) is 16.3. The van der Waals surface area contributed by atoms with Crippen LogP contribution in [0.3, 0.4) is 0 Å². The van der Waals surface area contributed by atoms with Crippen molar-refractivity contribution >= 4 is 5.91 Å². The van der Waals surface area contributed by atoms with Gasteiger partial charge >= 0.3 is 0 Å². The highest BCUT2D eigenvalue weighted by atomic mass is 16.2. The molecule has 1 amide bonds. The SMILES string of the molecule is CN(C(=O)c1ccc(-c2nn[nH]n2)cc1)[C@H]1CCc2ccccc2C1. The Bertz CT molecular complexity index is 873. The number of hydrogen-bond acceptors (Lipinski definition) is 4. The number of amides is 1. The van der Waals surface area contributed by atoms with Crippen molar-refractivity contribution in [2.75, 3.05) is 7.05 Å². The van der Waals surface area contributed by atoms with E-state index in [1.165, 1.54) is 11.1 Å². The van der Waals surface area contributed by atoms with Gasteiger partial charge in [-0.25, -0.2) is 0 Å². The molecule has 6 nitrogen and oxygen atoms in total. The molecule has 0 spiro atoms. The number of fused-ring (bicyclic) bond motifs is 1. The molecule has 1 atom stereocenters. The first kappa shape index (κ1) is 15.5. The van der Waals surface area contributed by atoms with Crippen molar-refractivity contribution in [3.63, 3.8) is 0 Å². The van der Waals surface area contributed by atoms with Crippen LogP contribution in [0.5, 0.6) is 0 Å². The highest BCUT2D eigenvalue weighted by Gasteiger charge is 2.25. The number of carbonyl (C=O) groups is 1. The molecule has 126 valence electrons. The average molecular weight is 333 g/mol. The average Bonchev–Trinajstić information content (AvgIpc) is 3.21. The van der Waals surface area contributed by atoms with Crippen molar-refractivity contribution in [3.05, 3.63) is 65.2 Å². The zero-order chi connectivity index (χ0) is 17.2. The van der Waals surface area contributed by atoms with Crippen molar-refractivity contribution in [1.29, 1.82) is 0 Å². The molecule has 25 heavy (non-hydrogen) atoms. The summed E-state index contributed by atoms with van der Waals surface area (Å²) in [5.41, 5.74) is 4.27. The predicted molar refractivity (Wildman–Crippen MR) is 94.0 cm³/mol. The van der Waals surface area contributed by atoms with Crippen molar-refractivity contribution in [1.82, 2.24) is 25.5 Å². The van der Waals surface area contributed by atoms with E-state index in [2.05, 4.69) is 44.9 Å². The van der Waals surface area contributed by atoms with Gasteiger partial charge in [0.2, 0.25) is 5.82 Å². The third kappa shape index (κ3) is 3.03. The third-order valence-corrected chi connectivity index (χ3v) is 4.92. The first-order chi connectivity index (χ1) is 12.2. The van der Waals surface area contributed by atoms with Gasteiger partial charge in [-0.1, -0.05) is 36.4 Å². The summed E-state index contributed by atoms with van der Waals surface area (Å²) >= 11 is 0. The number of nitrogens with zero attached hydrogens (tertiary/aromatic N) is 4. The van der Waals surface area contributed by atoms with Crippen molar-refractivity contribution in [2.24, 2.45) is 0 Å². The second kappa shape index (κ2) is 6.47. The van der Waals surface area contributed by atoms with Crippen LogP contribution in [0.15, 0.2) is 48.5 Å². The summed E-state index contributed by atoms with van der Waals surface area (Å²) in [6.45, 7) is 0. The molecule has 0 saturated heterocycles. The van der Waals surface area contributed by atoms with Gasteiger partial charge < -0.3 is 4.90 Å². The fraction of sp³-hybridized carbons (Fsp3) is 0.263. The Labute approximate surface area is 145 Å². The molecule has 0 unspecified atom stereocenters. The standard InChI is InChI=1S/C19H19N5O/c1-24(17-11-10-13-4-2-3-5-16(13)12-17)19(25)15-8-6-14(7-9-15)18-20-22-23-21-18/h2-9,17H,10-12H2,1H3,(H,20,21,22,23)/t17-/m0/s1. The lowest BCUT2D eigenvalue weighted by atomic mass is 9.87. The molecule has 1 N–H and O–H groups in total. The van der Waals surface area contributed by atoms with E-state index < -0.39 is 0 Å². The molecule has 0 saturated carbocycles. The second-order valence-electron chi connectivity index (χ2n) is 6.39. The molecular formula is C19H19N5O. The largest absolute Gasteiger partial charge is 0.338 e. The summed E-state index contributed by atoms with van der Waals surface area (Å²) < 4.78 is 0. The van der Waals surface area contributed by atoms with Gasteiger partial charge in [0.25, 0.3) is 5.91 Å². The van der Waals surface area contributed by atoms with Crippen LogP contribution in [0.1, 0.15) is 27.9 Å². The number of carbonyl (C=O) groups excluding carboxylic acids is 1. The van der Waals surface area contributed by atoms with Gasteiger partial charge in [-0.15, -0.1) is 10.2 Å². The first-order valence-electron chi connectivity index (χ1n) is 8.40. The number of benzene rings is 2. The van der Waals surface area contributed by atoms with Crippen LogP contribution in [0.25, 0.3) is 11.4 Å². The topological polar surface area (TPSA) is 74.8 Å². The van der Waals surface area contributed by atoms with Crippen LogP contribution in [-0.4, -0.2) is 44.5 Å². The smallest absolute Gasteiger partial charge is 0.253 e. The molecule has 0 radical (unpaired) electrons. The highest BCUT2D eigenvalue weighted by molar-refractivity contribution is 5.94. The van der Waals surface area contributed by atoms with Gasteiger partial charge in [0.15, 0.2) is 0 Å². The summed E-state index contributed by atoms with van der Waals surface area (Å²) in [7, 11) is 1.90. The monoisotopic (exact) mass is 333 g/mol. The molecule has 0 bridgehead atoms. The lowest BCUT2D eigenvalue weighted by Gasteiger charge is -2.32. The molecule has 1 aromatic heterocycles. The predicted octanol–water partition coefficient (Wildman–Crippen LogP) is 2.50. The Morgan fingerprint density at radius 3 is 2.60 bits per heavy atom. The van der Waals surface area contributed by atoms with Gasteiger partial charge in [0, 0.05) is 24.2 Å². The molecule has 2 aromatic carbocycles. The molecule has 0 fully saturated rings. The minimum absolute atomic E-state index is 0.0454. The quantitative estimate of drug-likeness (QED) is 0.799. The fourth-order valence-electron chi connectivity index (χ4n) is 3.42. The van der Waals surface area contributed by atoms with Crippen LogP contribution in [0.4, 0.5) is 0 Å². The molecule has 0 aliphatic heterocycles. The zero-order valence-corrected chi connectivity index (χ0v) is 14.0. The van der Waals surface area contributed by atoms with Gasteiger partial charge in [0.05, 0.1) is 0 Å². The van der Waals surface area contributed by atoms with Crippen molar-refractivity contribution in [2.45, 2.75) is 25.3 Å². The van der Waals surface area contributed by atoms with E-state index in [0.717, 1.165) is 24.8 Å². The summed E-state index contributed by atoms with van der Waals surface area (Å²) in [6, 6.07) is 16.1. The van der Waals surface area contributed by atoms with E-state index in [0.29, 0.717) is 11.4 Å². The third-order valence-electron chi connectivity index (χ3n) is 4.92. The fourth-order valence-corrected chi connectivity index (χ4v) is 3.42. The van der Waals surface area contributed by atoms with Crippen LogP contribution < -0.4 is 0 Å². The Morgan fingerprint density at radius 1 is 1.12 bits per heavy atom. The highest BCUT2D eigenvalue weighted by Crippen LogP contribution is 2.25. The Morgan fingerprint density at radius 2 is 1.88 bits per heavy atom. The minimum Gasteiger partial charge on any atom is -0.338 e. The zero-order valence-electron chi connectivity index (χ0n) is 14.0. The Balaban J connectivity index is 1.49. The van der Waals surface area contributed by atoms with Crippen LogP contribution in [0.2, 0.25) is 0 Å². The molecule has 1 aliphatic carbocycles. The van der Waals surface area contributed by atoms with Crippen LogP contribution in [0, 0.1) is 0 Å². The van der Waals surface area contributed by atoms with Gasteiger partial charge in [-0.2, -0.15) is 5.21 Å². The second-order valence-corrected chi connectivity index (χ2v) is 6.39. The summed E-state index contributed by atoms with van der Waals surface area (Å²) in [5.74, 6) is 0.570. The molecule has 6 heteroatoms. The number of aryl methyl sites for hydroxylation is 1. The number of aromatic nitrogens is 4. The molecule has 3 aromatic rings. The van der Waals surface area contributed by atoms with Crippen molar-refractivity contribution in [3.8, 4) is 11.4 Å². The Kier molecular flexibility index (Phi) is 4.01. The molecule has 1 aliphatic rings. The van der Waals surface area contributed by atoms with Crippen LogP contribution in [-0.2, 0) is 12.8 Å². The number of hydrogen-bond donors (Lipinski definition) is 1. The summed E-state index contributed by atoms with van der Waals surface area (Å²) in [6.07, 6.45) is 2.94. The van der Waals surface area contributed by atoms with Gasteiger partial charge in [-0.05, 0) is 47.7 Å². The number of rotatable bonds is 3. The van der Waals surface area contributed by atoms with Gasteiger partial charge in [-0.3, -0.25) is 4.79 Å². The number of nitrogens with one attached hydrogen (secondary N) is 1. The number of H-pyrrole nitrogens is 1. The molecule has 1 heterocycles. The lowest BCUT2D eigenvalue weighted by molar-refractivity contribution is 0.0719. The maximum Gasteiger partial charge on any atom is 0.253 e. The van der Waals surface area contributed by atoms with E-state index in [-0.39, 0.29) is 11.9 Å². The van der Waals surface area contributed by atoms with Gasteiger partial charge in [0.1, 0.15) is 0 Å².